The van der Waals surface area contributed by atoms with Crippen LogP contribution in [0.2, 0.25) is 0 Å². The Morgan fingerprint density at radius 2 is 1.23 bits per heavy atom. The van der Waals surface area contributed by atoms with Crippen LogP contribution in [0.25, 0.3) is 21.5 Å². The van der Waals surface area contributed by atoms with Gasteiger partial charge in [-0.05, 0) is 6.07 Å². The fourth-order valence-corrected chi connectivity index (χ4v) is 3.00. The number of rotatable bonds is 3. The van der Waals surface area contributed by atoms with Crippen LogP contribution in [0, 0.1) is 10.1 Å². The molecular formula is C20H13N3O3. The number of hydrogen-bond donors (Lipinski definition) is 1. The Morgan fingerprint density at radius 1 is 0.731 bits per heavy atom. The molecule has 126 valence electrons. The van der Waals surface area contributed by atoms with Crippen molar-refractivity contribution in [2.24, 2.45) is 10.2 Å². The highest BCUT2D eigenvalue weighted by Gasteiger charge is 2.14. The van der Waals surface area contributed by atoms with Gasteiger partial charge in [-0.15, -0.1) is 10.2 Å². The van der Waals surface area contributed by atoms with Gasteiger partial charge in [-0.2, -0.15) is 0 Å². The van der Waals surface area contributed by atoms with Gasteiger partial charge >= 0.3 is 0 Å². The second kappa shape index (κ2) is 6.25. The third kappa shape index (κ3) is 2.53. The number of phenols is 1. The van der Waals surface area contributed by atoms with E-state index >= 15 is 0 Å². The van der Waals surface area contributed by atoms with Crippen LogP contribution in [0.4, 0.5) is 17.1 Å². The number of phenolic OH excluding ortho intramolecular Hbond substituents is 1. The Morgan fingerprint density at radius 3 is 1.81 bits per heavy atom. The Kier molecular flexibility index (Phi) is 3.78. The highest BCUT2D eigenvalue weighted by Crippen LogP contribution is 2.42. The molecule has 6 heteroatoms. The maximum atomic E-state index is 11.2. The number of benzene rings is 4. The molecule has 26 heavy (non-hydrogen) atoms. The molecule has 0 saturated carbocycles. The van der Waals surface area contributed by atoms with E-state index in [-0.39, 0.29) is 17.1 Å². The van der Waals surface area contributed by atoms with Crippen molar-refractivity contribution in [2.45, 2.75) is 0 Å². The zero-order chi connectivity index (χ0) is 18.1. The van der Waals surface area contributed by atoms with E-state index in [4.69, 9.17) is 0 Å². The summed E-state index contributed by atoms with van der Waals surface area (Å²) in [5, 5.41) is 33.0. The molecule has 0 heterocycles. The normalized spacial score (nSPS) is 11.4. The number of aromatic hydroxyl groups is 1. The van der Waals surface area contributed by atoms with Gasteiger partial charge in [-0.1, -0.05) is 60.7 Å². The lowest BCUT2D eigenvalue weighted by atomic mass is 10.00. The molecule has 0 aliphatic rings. The fraction of sp³-hybridized carbons (Fsp3) is 0. The molecular weight excluding hydrogens is 330 g/mol. The molecule has 4 aromatic rings. The molecule has 0 saturated heterocycles. The molecule has 0 radical (unpaired) electrons. The molecule has 4 rings (SSSR count). The minimum atomic E-state index is -0.485. The van der Waals surface area contributed by atoms with Crippen molar-refractivity contribution < 1.29 is 10.0 Å². The van der Waals surface area contributed by atoms with Gasteiger partial charge in [0.25, 0.3) is 5.69 Å². The van der Waals surface area contributed by atoms with Crippen molar-refractivity contribution in [1.82, 2.24) is 0 Å². The average molecular weight is 343 g/mol. The third-order valence-corrected chi connectivity index (χ3v) is 4.21. The molecule has 0 atom stereocenters. The smallest absolute Gasteiger partial charge is 0.296 e. The number of nitro groups is 1. The highest BCUT2D eigenvalue weighted by atomic mass is 16.6. The molecule has 0 spiro atoms. The molecule has 0 unspecified atom stereocenters. The molecule has 6 nitrogen and oxygen atoms in total. The summed E-state index contributed by atoms with van der Waals surface area (Å²) in [5.74, 6) is 0.181. The zero-order valence-corrected chi connectivity index (χ0v) is 13.5. The monoisotopic (exact) mass is 343 g/mol. The summed E-state index contributed by atoms with van der Waals surface area (Å²) < 4.78 is 0. The van der Waals surface area contributed by atoms with Gasteiger partial charge in [-0.25, -0.2) is 0 Å². The van der Waals surface area contributed by atoms with Crippen molar-refractivity contribution in [3.63, 3.8) is 0 Å². The van der Waals surface area contributed by atoms with E-state index in [0.29, 0.717) is 16.5 Å². The molecule has 0 aliphatic carbocycles. The second-order valence-corrected chi connectivity index (χ2v) is 5.73. The maximum absolute atomic E-state index is 11.2. The lowest BCUT2D eigenvalue weighted by Crippen LogP contribution is -1.87. The minimum absolute atomic E-state index is 0.108. The van der Waals surface area contributed by atoms with E-state index in [0.717, 1.165) is 10.8 Å². The van der Waals surface area contributed by atoms with Crippen LogP contribution < -0.4 is 0 Å². The summed E-state index contributed by atoms with van der Waals surface area (Å²) in [6, 6.07) is 20.9. The van der Waals surface area contributed by atoms with E-state index < -0.39 is 4.92 Å². The zero-order valence-electron chi connectivity index (χ0n) is 13.5. The number of azo groups is 1. The lowest BCUT2D eigenvalue weighted by Gasteiger charge is -2.09. The predicted molar refractivity (Wildman–Crippen MR) is 100 cm³/mol. The molecule has 0 fully saturated rings. The molecule has 0 bridgehead atoms. The van der Waals surface area contributed by atoms with Gasteiger partial charge in [0, 0.05) is 27.6 Å². The summed E-state index contributed by atoms with van der Waals surface area (Å²) in [7, 11) is 0. The summed E-state index contributed by atoms with van der Waals surface area (Å²) in [4.78, 5) is 10.7. The van der Waals surface area contributed by atoms with E-state index in [1.165, 1.54) is 6.07 Å². The van der Waals surface area contributed by atoms with Gasteiger partial charge in [0.15, 0.2) is 5.69 Å². The quantitative estimate of drug-likeness (QED) is 0.213. The first-order valence-electron chi connectivity index (χ1n) is 7.94. The van der Waals surface area contributed by atoms with Crippen LogP contribution in [0.15, 0.2) is 83.0 Å². The van der Waals surface area contributed by atoms with Gasteiger partial charge in [0.05, 0.1) is 4.92 Å². The van der Waals surface area contributed by atoms with Crippen LogP contribution in [0.1, 0.15) is 0 Å². The first-order chi connectivity index (χ1) is 12.7. The highest BCUT2D eigenvalue weighted by molar-refractivity contribution is 6.14. The summed E-state index contributed by atoms with van der Waals surface area (Å²) >= 11 is 0. The van der Waals surface area contributed by atoms with Crippen LogP contribution in [0.3, 0.4) is 0 Å². The average Bonchev–Trinajstić information content (AvgIpc) is 2.68. The molecule has 0 aromatic heterocycles. The first kappa shape index (κ1) is 15.7. The van der Waals surface area contributed by atoms with E-state index in [2.05, 4.69) is 10.2 Å². The number of nitrogens with zero attached hydrogens (tertiary/aromatic N) is 3. The Labute approximate surface area is 148 Å². The minimum Gasteiger partial charge on any atom is -0.507 e. The van der Waals surface area contributed by atoms with Gasteiger partial charge in [0.2, 0.25) is 0 Å². The van der Waals surface area contributed by atoms with Crippen LogP contribution in [0.5, 0.6) is 5.75 Å². The van der Waals surface area contributed by atoms with Crippen LogP contribution >= 0.6 is 0 Å². The van der Waals surface area contributed by atoms with Crippen LogP contribution in [-0.2, 0) is 0 Å². The molecule has 0 aliphatic heterocycles. The SMILES string of the molecule is O=[N+]([O-])c1ccccc1N=Nc1c2ccccc2c(O)c2ccccc12. The van der Waals surface area contributed by atoms with Gasteiger partial charge in [-0.3, -0.25) is 10.1 Å². The number of fused-ring (bicyclic) bond motifs is 2. The number of para-hydroxylation sites is 1. The maximum Gasteiger partial charge on any atom is 0.296 e. The second-order valence-electron chi connectivity index (χ2n) is 5.73. The summed E-state index contributed by atoms with van der Waals surface area (Å²) in [6.45, 7) is 0. The fourth-order valence-electron chi connectivity index (χ4n) is 3.00. The topological polar surface area (TPSA) is 88.1 Å². The van der Waals surface area contributed by atoms with E-state index in [1.807, 2.05) is 36.4 Å². The number of hydrogen-bond acceptors (Lipinski definition) is 5. The Balaban J connectivity index is 1.99. The summed E-state index contributed by atoms with van der Waals surface area (Å²) in [6.07, 6.45) is 0. The van der Waals surface area contributed by atoms with Gasteiger partial charge < -0.3 is 5.11 Å². The van der Waals surface area contributed by atoms with Gasteiger partial charge in [0.1, 0.15) is 11.4 Å². The molecule has 0 amide bonds. The van der Waals surface area contributed by atoms with E-state index in [9.17, 15) is 15.2 Å². The molecule has 4 aromatic carbocycles. The first-order valence-corrected chi connectivity index (χ1v) is 7.94. The predicted octanol–water partition coefficient (Wildman–Crippen LogP) is 6.02. The van der Waals surface area contributed by atoms with Crippen molar-refractivity contribution in [3.8, 4) is 5.75 Å². The number of nitro benzene ring substituents is 1. The Bertz CT molecular complexity index is 1130. The van der Waals surface area contributed by atoms with E-state index in [1.54, 1.807) is 30.3 Å². The summed E-state index contributed by atoms with van der Waals surface area (Å²) in [5.41, 5.74) is 0.634. The van der Waals surface area contributed by atoms with Crippen molar-refractivity contribution in [2.75, 3.05) is 0 Å². The van der Waals surface area contributed by atoms with Crippen molar-refractivity contribution >= 4 is 38.6 Å². The largest absolute Gasteiger partial charge is 0.507 e. The molecule has 1 N–H and O–H groups in total. The van der Waals surface area contributed by atoms with Crippen molar-refractivity contribution in [3.05, 3.63) is 82.9 Å². The van der Waals surface area contributed by atoms with Crippen molar-refractivity contribution in [1.29, 1.82) is 0 Å². The van der Waals surface area contributed by atoms with Crippen LogP contribution in [-0.4, -0.2) is 10.0 Å². The Hall–Kier alpha value is -3.80. The standard InChI is InChI=1S/C20H13N3O3/c24-20-15-9-3-1-7-13(15)19(14-8-2-4-10-16(14)20)22-21-17-11-5-6-12-18(17)23(25)26/h1-12,24H. The third-order valence-electron chi connectivity index (χ3n) is 4.21. The lowest BCUT2D eigenvalue weighted by molar-refractivity contribution is -0.384.